The predicted octanol–water partition coefficient (Wildman–Crippen LogP) is 3.58. The van der Waals surface area contributed by atoms with Crippen molar-refractivity contribution in [3.8, 4) is 6.07 Å². The lowest BCUT2D eigenvalue weighted by Crippen LogP contribution is -2.05. The first-order valence-electron chi connectivity index (χ1n) is 5.56. The van der Waals surface area contributed by atoms with Gasteiger partial charge in [-0.05, 0) is 42.5 Å². The Bertz CT molecular complexity index is 524. The van der Waals surface area contributed by atoms with Gasteiger partial charge in [-0.25, -0.2) is 0 Å². The Balaban J connectivity index is 1.97. The molecule has 2 aromatic rings. The van der Waals surface area contributed by atoms with Crippen LogP contribution in [0.15, 0.2) is 35.7 Å². The van der Waals surface area contributed by atoms with Crippen molar-refractivity contribution >= 4 is 17.0 Å². The number of benzene rings is 1. The third-order valence-corrected chi connectivity index (χ3v) is 3.50. The van der Waals surface area contributed by atoms with E-state index in [0.717, 1.165) is 29.8 Å². The van der Waals surface area contributed by atoms with Gasteiger partial charge in [0.2, 0.25) is 0 Å². The molecule has 0 amide bonds. The van der Waals surface area contributed by atoms with Crippen molar-refractivity contribution in [2.75, 3.05) is 11.9 Å². The lowest BCUT2D eigenvalue weighted by Gasteiger charge is -2.08. The van der Waals surface area contributed by atoms with E-state index < -0.39 is 0 Å². The van der Waals surface area contributed by atoms with Crippen LogP contribution in [-0.4, -0.2) is 6.54 Å². The topological polar surface area (TPSA) is 35.8 Å². The highest BCUT2D eigenvalue weighted by Gasteiger charge is 2.01. The number of nitrogens with one attached hydrogen (secondary N) is 1. The molecular weight excluding hydrogens is 228 g/mol. The molecule has 2 rings (SSSR count). The quantitative estimate of drug-likeness (QED) is 0.889. The Kier molecular flexibility index (Phi) is 3.79. The molecule has 0 saturated carbocycles. The summed E-state index contributed by atoms with van der Waals surface area (Å²) in [6.07, 6.45) is 0.996. The molecule has 1 heterocycles. The van der Waals surface area contributed by atoms with E-state index in [1.165, 1.54) is 4.88 Å². The molecule has 86 valence electrons. The summed E-state index contributed by atoms with van der Waals surface area (Å²) in [4.78, 5) is 1.36. The highest BCUT2D eigenvalue weighted by atomic mass is 32.1. The van der Waals surface area contributed by atoms with E-state index in [9.17, 15) is 0 Å². The van der Waals surface area contributed by atoms with Crippen LogP contribution in [0.3, 0.4) is 0 Å². The Morgan fingerprint density at radius 2 is 2.24 bits per heavy atom. The minimum atomic E-state index is 0.719. The fourth-order valence-corrected chi connectivity index (χ4v) is 2.39. The van der Waals surface area contributed by atoms with Gasteiger partial charge in [0.1, 0.15) is 6.07 Å². The first-order valence-corrected chi connectivity index (χ1v) is 6.44. The molecule has 0 bridgehead atoms. The molecule has 2 nitrogen and oxygen atoms in total. The number of nitrogens with zero attached hydrogens (tertiary/aromatic N) is 1. The van der Waals surface area contributed by atoms with Crippen LogP contribution in [0.2, 0.25) is 0 Å². The van der Waals surface area contributed by atoms with Crippen molar-refractivity contribution in [3.63, 3.8) is 0 Å². The molecule has 1 aromatic heterocycles. The van der Waals surface area contributed by atoms with Crippen LogP contribution in [0.1, 0.15) is 16.0 Å². The van der Waals surface area contributed by atoms with Gasteiger partial charge in [0.05, 0.1) is 11.3 Å². The minimum Gasteiger partial charge on any atom is -0.384 e. The molecule has 0 unspecified atom stereocenters. The van der Waals surface area contributed by atoms with Gasteiger partial charge in [-0.3, -0.25) is 0 Å². The molecule has 0 atom stereocenters. The molecule has 1 N–H and O–H groups in total. The second kappa shape index (κ2) is 5.51. The average Bonchev–Trinajstić information content (AvgIpc) is 2.84. The van der Waals surface area contributed by atoms with Gasteiger partial charge in [0.15, 0.2) is 0 Å². The number of anilines is 1. The highest BCUT2D eigenvalue weighted by Crippen LogP contribution is 2.16. The normalized spacial score (nSPS) is 9.88. The van der Waals surface area contributed by atoms with Gasteiger partial charge < -0.3 is 5.32 Å². The standard InChI is InChI=1S/C14H14N2S/c1-11-4-5-14(12(9-11)10-15)16-7-6-13-3-2-8-17-13/h2-5,8-9,16H,6-7H2,1H3. The number of aryl methyl sites for hydroxylation is 1. The third-order valence-electron chi connectivity index (χ3n) is 2.56. The maximum Gasteiger partial charge on any atom is 0.101 e. The smallest absolute Gasteiger partial charge is 0.101 e. The van der Waals surface area contributed by atoms with Gasteiger partial charge in [0.25, 0.3) is 0 Å². The van der Waals surface area contributed by atoms with Gasteiger partial charge in [-0.1, -0.05) is 12.1 Å². The maximum atomic E-state index is 9.04. The first-order chi connectivity index (χ1) is 8.29. The van der Waals surface area contributed by atoms with E-state index in [1.807, 2.05) is 25.1 Å². The largest absolute Gasteiger partial charge is 0.384 e. The number of rotatable bonds is 4. The summed E-state index contributed by atoms with van der Waals surface area (Å²) in [7, 11) is 0. The molecule has 0 spiro atoms. The van der Waals surface area contributed by atoms with E-state index in [1.54, 1.807) is 11.3 Å². The Morgan fingerprint density at radius 3 is 2.94 bits per heavy atom. The van der Waals surface area contributed by atoms with Crippen molar-refractivity contribution in [3.05, 3.63) is 51.7 Å². The summed E-state index contributed by atoms with van der Waals surface area (Å²) in [6.45, 7) is 2.86. The zero-order valence-corrected chi connectivity index (χ0v) is 10.6. The van der Waals surface area contributed by atoms with Gasteiger partial charge >= 0.3 is 0 Å². The van der Waals surface area contributed by atoms with Crippen molar-refractivity contribution in [1.29, 1.82) is 5.26 Å². The summed E-state index contributed by atoms with van der Waals surface area (Å²) in [5, 5.41) is 14.4. The molecule has 17 heavy (non-hydrogen) atoms. The number of hydrogen-bond donors (Lipinski definition) is 1. The lowest BCUT2D eigenvalue weighted by molar-refractivity contribution is 1.04. The highest BCUT2D eigenvalue weighted by molar-refractivity contribution is 7.09. The molecule has 0 saturated heterocycles. The summed E-state index contributed by atoms with van der Waals surface area (Å²) < 4.78 is 0. The Hall–Kier alpha value is -1.79. The second-order valence-corrected chi connectivity index (χ2v) is 4.95. The fraction of sp³-hybridized carbons (Fsp3) is 0.214. The third kappa shape index (κ3) is 3.08. The molecule has 0 aliphatic rings. The SMILES string of the molecule is Cc1ccc(NCCc2cccs2)c(C#N)c1. The predicted molar refractivity (Wildman–Crippen MR) is 72.4 cm³/mol. The zero-order chi connectivity index (χ0) is 12.1. The van der Waals surface area contributed by atoms with Gasteiger partial charge in [-0.2, -0.15) is 5.26 Å². The number of hydrogen-bond acceptors (Lipinski definition) is 3. The number of nitriles is 1. The van der Waals surface area contributed by atoms with Crippen LogP contribution in [0.25, 0.3) is 0 Å². The summed E-state index contributed by atoms with van der Waals surface area (Å²) in [5.41, 5.74) is 2.76. The van der Waals surface area contributed by atoms with Crippen LogP contribution in [0.5, 0.6) is 0 Å². The molecule has 0 aliphatic heterocycles. The van der Waals surface area contributed by atoms with Crippen molar-refractivity contribution in [1.82, 2.24) is 0 Å². The molecule has 0 radical (unpaired) electrons. The van der Waals surface area contributed by atoms with Crippen LogP contribution in [-0.2, 0) is 6.42 Å². The Morgan fingerprint density at radius 1 is 1.35 bits per heavy atom. The summed E-state index contributed by atoms with van der Waals surface area (Å²) in [6, 6.07) is 12.3. The van der Waals surface area contributed by atoms with Crippen molar-refractivity contribution < 1.29 is 0 Å². The van der Waals surface area contributed by atoms with E-state index in [2.05, 4.69) is 28.9 Å². The Labute approximate surface area is 106 Å². The van der Waals surface area contributed by atoms with E-state index in [0.29, 0.717) is 0 Å². The van der Waals surface area contributed by atoms with E-state index in [-0.39, 0.29) is 0 Å². The molecular formula is C14H14N2S. The van der Waals surface area contributed by atoms with Gasteiger partial charge in [-0.15, -0.1) is 11.3 Å². The maximum absolute atomic E-state index is 9.04. The van der Waals surface area contributed by atoms with E-state index >= 15 is 0 Å². The molecule has 3 heteroatoms. The molecule has 0 fully saturated rings. The average molecular weight is 242 g/mol. The molecule has 1 aromatic carbocycles. The summed E-state index contributed by atoms with van der Waals surface area (Å²) in [5.74, 6) is 0. The van der Waals surface area contributed by atoms with Crippen molar-refractivity contribution in [2.45, 2.75) is 13.3 Å². The molecule has 0 aliphatic carbocycles. The number of thiophene rings is 1. The van der Waals surface area contributed by atoms with Crippen LogP contribution in [0.4, 0.5) is 5.69 Å². The second-order valence-electron chi connectivity index (χ2n) is 3.92. The van der Waals surface area contributed by atoms with Crippen LogP contribution >= 0.6 is 11.3 Å². The van der Waals surface area contributed by atoms with Crippen molar-refractivity contribution in [2.24, 2.45) is 0 Å². The van der Waals surface area contributed by atoms with E-state index in [4.69, 9.17) is 5.26 Å². The lowest BCUT2D eigenvalue weighted by atomic mass is 10.1. The van der Waals surface area contributed by atoms with Crippen LogP contribution in [0, 0.1) is 18.3 Å². The summed E-state index contributed by atoms with van der Waals surface area (Å²) >= 11 is 1.77. The zero-order valence-electron chi connectivity index (χ0n) is 9.73. The first kappa shape index (κ1) is 11.7. The van der Waals surface area contributed by atoms with Gasteiger partial charge in [0, 0.05) is 11.4 Å². The monoisotopic (exact) mass is 242 g/mol. The van der Waals surface area contributed by atoms with Crippen LogP contribution < -0.4 is 5.32 Å². The fourth-order valence-electron chi connectivity index (χ4n) is 1.68. The minimum absolute atomic E-state index is 0.719.